The molecule has 0 radical (unpaired) electrons. The lowest BCUT2D eigenvalue weighted by Gasteiger charge is -2.35. The second kappa shape index (κ2) is 4.39. The fraction of sp³-hybridized carbons (Fsp3) is 1.00. The minimum absolute atomic E-state index is 0.396. The molecular weight excluding hydrogens is 190 g/mol. The highest BCUT2D eigenvalue weighted by Crippen LogP contribution is 2.28. The molecule has 0 saturated carbocycles. The monoisotopic (exact) mass is 209 g/mol. The van der Waals surface area contributed by atoms with Crippen LogP contribution in [-0.2, 0) is 10.1 Å². The molecule has 1 unspecified atom stereocenters. The van der Waals surface area contributed by atoms with Crippen molar-refractivity contribution in [3.05, 3.63) is 0 Å². The largest absolute Gasteiger partial charge is 0.289 e. The van der Waals surface area contributed by atoms with E-state index in [1.54, 1.807) is 25.9 Å². The van der Waals surface area contributed by atoms with Crippen molar-refractivity contribution in [3.8, 4) is 0 Å². The summed E-state index contributed by atoms with van der Waals surface area (Å²) in [6, 6.07) is 0. The Labute approximate surface area is 80.7 Å². The summed E-state index contributed by atoms with van der Waals surface area (Å²) < 4.78 is 31.6. The molecule has 0 spiro atoms. The second-order valence-corrected chi connectivity index (χ2v) is 5.13. The Bertz CT molecular complexity index is 248. The number of rotatable bonds is 5. The van der Waals surface area contributed by atoms with E-state index >= 15 is 0 Å². The first-order chi connectivity index (χ1) is 5.81. The molecule has 80 valence electrons. The highest BCUT2D eigenvalue weighted by Gasteiger charge is 2.42. The molecule has 0 aromatic carbocycles. The van der Waals surface area contributed by atoms with Crippen molar-refractivity contribution in [3.63, 3.8) is 0 Å². The molecular formula is C8H19NO3S. The highest BCUT2D eigenvalue weighted by molar-refractivity contribution is 7.87. The molecule has 0 saturated heterocycles. The van der Waals surface area contributed by atoms with E-state index in [0.717, 1.165) is 6.42 Å². The van der Waals surface area contributed by atoms with Crippen molar-refractivity contribution in [1.29, 1.82) is 0 Å². The highest BCUT2D eigenvalue weighted by atomic mass is 32.2. The van der Waals surface area contributed by atoms with Crippen LogP contribution in [0.5, 0.6) is 0 Å². The Morgan fingerprint density at radius 1 is 1.31 bits per heavy atom. The van der Waals surface area contributed by atoms with Gasteiger partial charge in [-0.05, 0) is 26.9 Å². The zero-order chi connectivity index (χ0) is 10.7. The Hall–Kier alpha value is -0.130. The number of hydrogen-bond acceptors (Lipinski definition) is 3. The molecule has 0 amide bonds. The Morgan fingerprint density at radius 3 is 1.85 bits per heavy atom. The number of hydrogen-bond donors (Lipinski definition) is 1. The summed E-state index contributed by atoms with van der Waals surface area (Å²) in [6.45, 7) is 3.67. The van der Waals surface area contributed by atoms with Gasteiger partial charge in [0.25, 0.3) is 10.1 Å². The van der Waals surface area contributed by atoms with Gasteiger partial charge in [0.2, 0.25) is 0 Å². The van der Waals surface area contributed by atoms with Crippen LogP contribution in [0.1, 0.15) is 33.1 Å². The molecule has 5 heteroatoms. The maximum atomic E-state index is 11.2. The summed E-state index contributed by atoms with van der Waals surface area (Å²) in [5.41, 5.74) is 0. The van der Waals surface area contributed by atoms with E-state index in [-0.39, 0.29) is 0 Å². The third kappa shape index (κ3) is 2.42. The van der Waals surface area contributed by atoms with Gasteiger partial charge in [0.05, 0.1) is 0 Å². The van der Waals surface area contributed by atoms with Crippen LogP contribution < -0.4 is 0 Å². The van der Waals surface area contributed by atoms with Gasteiger partial charge in [-0.15, -0.1) is 0 Å². The standard InChI is InChI=1S/C8H19NO3S/c1-5-7-8(6-2,9(3)4)13(10,11)12/h5-7H2,1-4H3,(H,10,11,12). The minimum Gasteiger partial charge on any atom is -0.289 e. The van der Waals surface area contributed by atoms with E-state index < -0.39 is 15.0 Å². The lowest BCUT2D eigenvalue weighted by atomic mass is 10.1. The lowest BCUT2D eigenvalue weighted by molar-refractivity contribution is 0.201. The van der Waals surface area contributed by atoms with Gasteiger partial charge in [-0.3, -0.25) is 9.45 Å². The molecule has 4 nitrogen and oxygen atoms in total. The van der Waals surface area contributed by atoms with Gasteiger partial charge in [0.15, 0.2) is 0 Å². The van der Waals surface area contributed by atoms with E-state index in [1.165, 1.54) is 0 Å². The van der Waals surface area contributed by atoms with E-state index in [2.05, 4.69) is 0 Å². The quantitative estimate of drug-likeness (QED) is 0.694. The average Bonchev–Trinajstić information content (AvgIpc) is 1.96. The van der Waals surface area contributed by atoms with Crippen LogP contribution >= 0.6 is 0 Å². The van der Waals surface area contributed by atoms with Gasteiger partial charge in [0, 0.05) is 0 Å². The average molecular weight is 209 g/mol. The van der Waals surface area contributed by atoms with Crippen molar-refractivity contribution in [1.82, 2.24) is 4.90 Å². The van der Waals surface area contributed by atoms with Crippen LogP contribution in [0.3, 0.4) is 0 Å². The van der Waals surface area contributed by atoms with Gasteiger partial charge in [0.1, 0.15) is 4.87 Å². The predicted molar refractivity (Wildman–Crippen MR) is 53.2 cm³/mol. The molecule has 0 aliphatic carbocycles. The fourth-order valence-corrected chi connectivity index (χ4v) is 2.94. The van der Waals surface area contributed by atoms with E-state index in [0.29, 0.717) is 12.8 Å². The van der Waals surface area contributed by atoms with Gasteiger partial charge in [-0.2, -0.15) is 8.42 Å². The SMILES string of the molecule is CCCC(CC)(N(C)C)S(=O)(=O)O. The van der Waals surface area contributed by atoms with Crippen LogP contribution in [0.15, 0.2) is 0 Å². The molecule has 0 bridgehead atoms. The van der Waals surface area contributed by atoms with E-state index in [1.807, 2.05) is 6.92 Å². The van der Waals surface area contributed by atoms with Crippen molar-refractivity contribution in [2.24, 2.45) is 0 Å². The van der Waals surface area contributed by atoms with Crippen molar-refractivity contribution in [2.45, 2.75) is 38.0 Å². The summed E-state index contributed by atoms with van der Waals surface area (Å²) in [7, 11) is -0.665. The maximum Gasteiger partial charge on any atom is 0.284 e. The zero-order valence-electron chi connectivity index (χ0n) is 8.74. The van der Waals surface area contributed by atoms with Crippen LogP contribution in [0.25, 0.3) is 0 Å². The Morgan fingerprint density at radius 2 is 1.77 bits per heavy atom. The van der Waals surface area contributed by atoms with Crippen molar-refractivity contribution >= 4 is 10.1 Å². The van der Waals surface area contributed by atoms with Gasteiger partial charge in [-0.1, -0.05) is 20.3 Å². The molecule has 1 N–H and O–H groups in total. The van der Waals surface area contributed by atoms with Gasteiger partial charge >= 0.3 is 0 Å². The summed E-state index contributed by atoms with van der Waals surface area (Å²) >= 11 is 0. The smallest absolute Gasteiger partial charge is 0.284 e. The van der Waals surface area contributed by atoms with E-state index in [4.69, 9.17) is 4.55 Å². The molecule has 13 heavy (non-hydrogen) atoms. The molecule has 0 heterocycles. The third-order valence-electron chi connectivity index (χ3n) is 2.49. The first kappa shape index (κ1) is 12.9. The van der Waals surface area contributed by atoms with Crippen molar-refractivity contribution in [2.75, 3.05) is 14.1 Å². The Balaban J connectivity index is 5.12. The van der Waals surface area contributed by atoms with Gasteiger partial charge < -0.3 is 0 Å². The molecule has 0 aromatic heterocycles. The zero-order valence-corrected chi connectivity index (χ0v) is 9.56. The maximum absolute atomic E-state index is 11.2. The molecule has 0 aliphatic heterocycles. The Kier molecular flexibility index (Phi) is 4.35. The lowest BCUT2D eigenvalue weighted by Crippen LogP contribution is -2.50. The first-order valence-corrected chi connectivity index (χ1v) is 5.90. The van der Waals surface area contributed by atoms with Crippen LogP contribution in [0.2, 0.25) is 0 Å². The molecule has 0 rings (SSSR count). The number of nitrogens with zero attached hydrogens (tertiary/aromatic N) is 1. The van der Waals surface area contributed by atoms with Crippen LogP contribution in [-0.4, -0.2) is 36.8 Å². The topological polar surface area (TPSA) is 57.6 Å². The molecule has 0 fully saturated rings. The summed E-state index contributed by atoms with van der Waals surface area (Å²) in [6.07, 6.45) is 1.58. The fourth-order valence-electron chi connectivity index (χ4n) is 1.65. The molecule has 0 aliphatic rings. The normalized spacial score (nSPS) is 17.4. The summed E-state index contributed by atoms with van der Waals surface area (Å²) in [5, 5.41) is 0. The van der Waals surface area contributed by atoms with Gasteiger partial charge in [-0.25, -0.2) is 0 Å². The summed E-state index contributed by atoms with van der Waals surface area (Å²) in [4.78, 5) is 0.466. The molecule has 0 aromatic rings. The second-order valence-electron chi connectivity index (χ2n) is 3.42. The minimum atomic E-state index is -4.01. The van der Waals surface area contributed by atoms with Crippen molar-refractivity contribution < 1.29 is 13.0 Å². The molecule has 1 atom stereocenters. The third-order valence-corrected chi connectivity index (χ3v) is 4.31. The summed E-state index contributed by atoms with van der Waals surface area (Å²) in [5.74, 6) is 0. The van der Waals surface area contributed by atoms with Crippen LogP contribution in [0, 0.1) is 0 Å². The van der Waals surface area contributed by atoms with Crippen LogP contribution in [0.4, 0.5) is 0 Å². The first-order valence-electron chi connectivity index (χ1n) is 4.46. The van der Waals surface area contributed by atoms with E-state index in [9.17, 15) is 8.42 Å². The predicted octanol–water partition coefficient (Wildman–Crippen LogP) is 1.34.